The molecule has 9 heteroatoms. The van der Waals surface area contributed by atoms with Crippen LogP contribution in [0.15, 0.2) is 36.4 Å². The highest BCUT2D eigenvalue weighted by molar-refractivity contribution is 5.66. The number of piperidine rings is 1. The van der Waals surface area contributed by atoms with Gasteiger partial charge in [0.1, 0.15) is 11.8 Å². The number of nitrogens with two attached hydrogens (primary N) is 1. The van der Waals surface area contributed by atoms with Crippen molar-refractivity contribution < 1.29 is 0 Å². The van der Waals surface area contributed by atoms with Crippen molar-refractivity contribution in [3.63, 3.8) is 0 Å². The van der Waals surface area contributed by atoms with Crippen molar-refractivity contribution in [3.8, 4) is 11.3 Å². The average molecular weight is 422 g/mol. The number of hydrogen-bond donors (Lipinski definition) is 2. The molecule has 3 N–H and O–H groups in total. The summed E-state index contributed by atoms with van der Waals surface area (Å²) in [5.74, 6) is 0.723. The maximum atomic E-state index is 6.33. The fraction of sp³-hybridized carbons (Fsp3) is 0.500. The Bertz CT molecular complexity index is 1090. The van der Waals surface area contributed by atoms with Gasteiger partial charge in [-0.1, -0.05) is 13.3 Å². The SMILES string of the molecule is CCc1cn2c(N3NC(C)=CC3N)nc(-c3cnn(CCN4CCCCC4)c3)cc2n1. The van der Waals surface area contributed by atoms with Crippen LogP contribution in [0.4, 0.5) is 5.95 Å². The van der Waals surface area contributed by atoms with Gasteiger partial charge in [-0.3, -0.25) is 14.5 Å². The van der Waals surface area contributed by atoms with Crippen molar-refractivity contribution >= 4 is 11.6 Å². The van der Waals surface area contributed by atoms with E-state index in [1.54, 1.807) is 0 Å². The van der Waals surface area contributed by atoms with Crippen LogP contribution < -0.4 is 16.2 Å². The molecular weight excluding hydrogens is 390 g/mol. The molecule has 1 atom stereocenters. The molecule has 0 bridgehead atoms. The summed E-state index contributed by atoms with van der Waals surface area (Å²) in [6, 6.07) is 2.02. The second-order valence-electron chi connectivity index (χ2n) is 8.47. The highest BCUT2D eigenvalue weighted by atomic mass is 15.6. The van der Waals surface area contributed by atoms with Crippen molar-refractivity contribution in [2.45, 2.75) is 52.2 Å². The predicted molar refractivity (Wildman–Crippen MR) is 121 cm³/mol. The maximum absolute atomic E-state index is 6.33. The van der Waals surface area contributed by atoms with E-state index in [0.717, 1.165) is 53.8 Å². The minimum Gasteiger partial charge on any atom is -0.306 e. The first-order valence-corrected chi connectivity index (χ1v) is 11.2. The van der Waals surface area contributed by atoms with Gasteiger partial charge in [-0.15, -0.1) is 0 Å². The number of rotatable bonds is 6. The van der Waals surface area contributed by atoms with Gasteiger partial charge in [0, 0.05) is 36.3 Å². The van der Waals surface area contributed by atoms with Gasteiger partial charge in [0.25, 0.3) is 0 Å². The Balaban J connectivity index is 1.44. The lowest BCUT2D eigenvalue weighted by Crippen LogP contribution is -2.45. The lowest BCUT2D eigenvalue weighted by molar-refractivity contribution is 0.218. The van der Waals surface area contributed by atoms with E-state index >= 15 is 0 Å². The zero-order chi connectivity index (χ0) is 21.4. The number of allylic oxidation sites excluding steroid dienone is 1. The Hall–Kier alpha value is -2.91. The summed E-state index contributed by atoms with van der Waals surface area (Å²) < 4.78 is 4.02. The molecule has 1 saturated heterocycles. The number of hydrogen-bond acceptors (Lipinski definition) is 7. The van der Waals surface area contributed by atoms with Gasteiger partial charge in [-0.25, -0.2) is 15.0 Å². The van der Waals surface area contributed by atoms with Gasteiger partial charge in [0.15, 0.2) is 0 Å². The Morgan fingerprint density at radius 3 is 2.71 bits per heavy atom. The van der Waals surface area contributed by atoms with Gasteiger partial charge in [-0.05, 0) is 45.4 Å². The Morgan fingerprint density at radius 2 is 1.97 bits per heavy atom. The number of nitrogens with one attached hydrogen (secondary N) is 1. The zero-order valence-corrected chi connectivity index (χ0v) is 18.3. The molecule has 0 amide bonds. The van der Waals surface area contributed by atoms with Crippen LogP contribution in [0, 0.1) is 0 Å². The molecule has 0 radical (unpaired) electrons. The van der Waals surface area contributed by atoms with Gasteiger partial charge < -0.3 is 10.6 Å². The number of imidazole rings is 1. The van der Waals surface area contributed by atoms with E-state index in [9.17, 15) is 0 Å². The van der Waals surface area contributed by atoms with Gasteiger partial charge in [-0.2, -0.15) is 5.10 Å². The highest BCUT2D eigenvalue weighted by Gasteiger charge is 2.24. The second-order valence-corrected chi connectivity index (χ2v) is 8.47. The van der Waals surface area contributed by atoms with E-state index < -0.39 is 0 Å². The molecule has 2 aliphatic rings. The summed E-state index contributed by atoms with van der Waals surface area (Å²) in [7, 11) is 0. The van der Waals surface area contributed by atoms with Crippen LogP contribution in [0.25, 0.3) is 16.9 Å². The molecule has 1 fully saturated rings. The van der Waals surface area contributed by atoms with E-state index in [-0.39, 0.29) is 6.17 Å². The smallest absolute Gasteiger partial charge is 0.232 e. The molecule has 3 aromatic rings. The third kappa shape index (κ3) is 4.03. The molecule has 3 aromatic heterocycles. The Kier molecular flexibility index (Phi) is 5.37. The molecule has 0 aliphatic carbocycles. The molecule has 31 heavy (non-hydrogen) atoms. The molecule has 5 rings (SSSR count). The number of fused-ring (bicyclic) bond motifs is 1. The van der Waals surface area contributed by atoms with Crippen LogP contribution in [0.3, 0.4) is 0 Å². The van der Waals surface area contributed by atoms with Gasteiger partial charge in [0.05, 0.1) is 24.1 Å². The fourth-order valence-electron chi connectivity index (χ4n) is 4.37. The zero-order valence-electron chi connectivity index (χ0n) is 18.3. The maximum Gasteiger partial charge on any atom is 0.232 e. The third-order valence-electron chi connectivity index (χ3n) is 6.10. The molecule has 0 spiro atoms. The van der Waals surface area contributed by atoms with Gasteiger partial charge >= 0.3 is 0 Å². The summed E-state index contributed by atoms with van der Waals surface area (Å²) in [6.07, 6.45) is 12.5. The molecule has 1 unspecified atom stereocenters. The number of aryl methyl sites for hydroxylation is 1. The standard InChI is InChI=1S/C22H31N9/c1-3-18-15-30-21(25-18)12-19(26-22(30)31-20(23)11-16(2)27-31)17-13-24-29(14-17)10-9-28-7-5-4-6-8-28/h11-15,20,27H,3-10,23H2,1-2H3. The Labute approximate surface area is 182 Å². The minimum absolute atomic E-state index is 0.286. The highest BCUT2D eigenvalue weighted by Crippen LogP contribution is 2.25. The Morgan fingerprint density at radius 1 is 1.13 bits per heavy atom. The van der Waals surface area contributed by atoms with Crippen molar-refractivity contribution in [2.75, 3.05) is 24.6 Å². The summed E-state index contributed by atoms with van der Waals surface area (Å²) in [4.78, 5) is 12.3. The summed E-state index contributed by atoms with van der Waals surface area (Å²) in [5, 5.41) is 6.47. The van der Waals surface area contributed by atoms with Crippen LogP contribution in [0.2, 0.25) is 0 Å². The predicted octanol–water partition coefficient (Wildman–Crippen LogP) is 2.15. The van der Waals surface area contributed by atoms with Crippen LogP contribution in [-0.4, -0.2) is 54.8 Å². The number of likely N-dealkylation sites (tertiary alicyclic amines) is 1. The fourth-order valence-corrected chi connectivity index (χ4v) is 4.37. The molecule has 2 aliphatic heterocycles. The van der Waals surface area contributed by atoms with Crippen LogP contribution in [-0.2, 0) is 13.0 Å². The monoisotopic (exact) mass is 421 g/mol. The van der Waals surface area contributed by atoms with E-state index in [0.29, 0.717) is 0 Å². The van der Waals surface area contributed by atoms with Crippen molar-refractivity contribution in [2.24, 2.45) is 5.73 Å². The first kappa shape index (κ1) is 20.0. The van der Waals surface area contributed by atoms with E-state index in [1.807, 2.05) is 45.6 Å². The van der Waals surface area contributed by atoms with Crippen molar-refractivity contribution in [3.05, 3.63) is 42.1 Å². The van der Waals surface area contributed by atoms with Crippen molar-refractivity contribution in [1.29, 1.82) is 0 Å². The first-order chi connectivity index (χ1) is 15.1. The number of aromatic nitrogens is 5. The summed E-state index contributed by atoms with van der Waals surface area (Å²) in [6.45, 7) is 8.43. The molecule has 164 valence electrons. The summed E-state index contributed by atoms with van der Waals surface area (Å²) >= 11 is 0. The van der Waals surface area contributed by atoms with E-state index in [1.165, 1.54) is 32.4 Å². The number of anilines is 1. The van der Waals surface area contributed by atoms with Crippen molar-refractivity contribution in [1.82, 2.24) is 34.5 Å². The lowest BCUT2D eigenvalue weighted by atomic mass is 10.1. The minimum atomic E-state index is -0.286. The topological polar surface area (TPSA) is 92.5 Å². The molecule has 0 aromatic carbocycles. The van der Waals surface area contributed by atoms with Crippen LogP contribution >= 0.6 is 0 Å². The van der Waals surface area contributed by atoms with E-state index in [2.05, 4.69) is 28.5 Å². The molecule has 9 nitrogen and oxygen atoms in total. The quantitative estimate of drug-likeness (QED) is 0.630. The number of hydrazine groups is 1. The van der Waals surface area contributed by atoms with E-state index in [4.69, 9.17) is 15.7 Å². The largest absolute Gasteiger partial charge is 0.306 e. The second kappa shape index (κ2) is 8.32. The van der Waals surface area contributed by atoms with Crippen LogP contribution in [0.1, 0.15) is 38.8 Å². The third-order valence-corrected chi connectivity index (χ3v) is 6.10. The van der Waals surface area contributed by atoms with Gasteiger partial charge in [0.2, 0.25) is 5.95 Å². The lowest BCUT2D eigenvalue weighted by Gasteiger charge is -2.26. The molecule has 5 heterocycles. The normalized spacial score (nSPS) is 19.8. The number of nitrogens with zero attached hydrogens (tertiary/aromatic N) is 7. The molecule has 0 saturated carbocycles. The summed E-state index contributed by atoms with van der Waals surface area (Å²) in [5.41, 5.74) is 14.4. The molecular formula is C22H31N9. The van der Waals surface area contributed by atoms with Crippen LogP contribution in [0.5, 0.6) is 0 Å². The average Bonchev–Trinajstić information content (AvgIpc) is 3.50. The first-order valence-electron chi connectivity index (χ1n) is 11.2.